The van der Waals surface area contributed by atoms with Gasteiger partial charge in [-0.15, -0.1) is 0 Å². The predicted molar refractivity (Wildman–Crippen MR) is 97.8 cm³/mol. The van der Waals surface area contributed by atoms with E-state index in [0.717, 1.165) is 11.3 Å². The van der Waals surface area contributed by atoms with Crippen LogP contribution in [0.2, 0.25) is 0 Å². The molecule has 0 aromatic heterocycles. The third kappa shape index (κ3) is 3.64. The molecule has 1 heterocycles. The maximum Gasteiger partial charge on any atom is 0.240 e. The molecule has 0 bridgehead atoms. The van der Waals surface area contributed by atoms with Crippen LogP contribution < -0.4 is 9.62 Å². The fraction of sp³-hybridized carbons (Fsp3) is 0.316. The predicted octanol–water partition coefficient (Wildman–Crippen LogP) is 2.99. The number of nitrogens with one attached hydrogen (secondary N) is 1. The molecule has 0 unspecified atom stereocenters. The lowest BCUT2D eigenvalue weighted by atomic mass is 10.1. The summed E-state index contributed by atoms with van der Waals surface area (Å²) in [5, 5.41) is 0. The van der Waals surface area contributed by atoms with Gasteiger partial charge in [-0.3, -0.25) is 4.79 Å². The summed E-state index contributed by atoms with van der Waals surface area (Å²) in [7, 11) is -3.70. The maximum atomic E-state index is 12.9. The van der Waals surface area contributed by atoms with Crippen LogP contribution in [0.1, 0.15) is 31.4 Å². The molecule has 1 aliphatic rings. The van der Waals surface area contributed by atoms with Crippen molar-refractivity contribution in [1.82, 2.24) is 4.72 Å². The number of sulfonamides is 1. The fourth-order valence-electron chi connectivity index (χ4n) is 3.19. The highest BCUT2D eigenvalue weighted by Gasteiger charge is 2.31. The molecular weight excluding hydrogens is 355 g/mol. The Bertz CT molecular complexity index is 926. The van der Waals surface area contributed by atoms with Crippen molar-refractivity contribution in [3.8, 4) is 0 Å². The van der Waals surface area contributed by atoms with Crippen molar-refractivity contribution in [2.75, 3.05) is 4.90 Å². The van der Waals surface area contributed by atoms with Crippen LogP contribution in [-0.2, 0) is 27.8 Å². The lowest BCUT2D eigenvalue weighted by Gasteiger charge is -2.22. The minimum absolute atomic E-state index is 0.0163. The van der Waals surface area contributed by atoms with Gasteiger partial charge in [0.1, 0.15) is 5.82 Å². The summed E-state index contributed by atoms with van der Waals surface area (Å²) in [4.78, 5) is 14.0. The van der Waals surface area contributed by atoms with E-state index in [1.54, 1.807) is 17.0 Å². The van der Waals surface area contributed by atoms with E-state index in [4.69, 9.17) is 0 Å². The van der Waals surface area contributed by atoms with E-state index < -0.39 is 10.0 Å². The highest BCUT2D eigenvalue weighted by molar-refractivity contribution is 7.89. The smallest absolute Gasteiger partial charge is 0.240 e. The van der Waals surface area contributed by atoms with Crippen molar-refractivity contribution >= 4 is 21.6 Å². The van der Waals surface area contributed by atoms with E-state index in [9.17, 15) is 17.6 Å². The first-order valence-electron chi connectivity index (χ1n) is 8.51. The quantitative estimate of drug-likeness (QED) is 0.872. The number of amides is 1. The molecule has 5 nitrogen and oxygen atoms in total. The molecule has 0 fully saturated rings. The number of benzene rings is 2. The first-order valence-corrected chi connectivity index (χ1v) is 9.99. The highest BCUT2D eigenvalue weighted by atomic mass is 32.2. The van der Waals surface area contributed by atoms with Crippen LogP contribution >= 0.6 is 0 Å². The number of nitrogens with zero attached hydrogens (tertiary/aromatic N) is 1. The van der Waals surface area contributed by atoms with E-state index in [1.807, 2.05) is 13.8 Å². The summed E-state index contributed by atoms with van der Waals surface area (Å²) in [5.74, 6) is -0.336. The van der Waals surface area contributed by atoms with Gasteiger partial charge in [0.2, 0.25) is 15.9 Å². The first kappa shape index (κ1) is 18.5. The summed E-state index contributed by atoms with van der Waals surface area (Å²) < 4.78 is 40.6. The number of rotatable bonds is 5. The Morgan fingerprint density at radius 1 is 1.23 bits per heavy atom. The van der Waals surface area contributed by atoms with E-state index in [1.165, 1.54) is 30.3 Å². The van der Waals surface area contributed by atoms with E-state index in [2.05, 4.69) is 4.72 Å². The molecule has 2 aromatic rings. The lowest BCUT2D eigenvalue weighted by Crippen LogP contribution is -2.35. The Labute approximate surface area is 152 Å². The maximum absolute atomic E-state index is 12.9. The number of carbonyl (C=O) groups excluding carboxylic acids is 1. The molecule has 2 aromatic carbocycles. The van der Waals surface area contributed by atoms with Crippen molar-refractivity contribution < 1.29 is 17.6 Å². The molecule has 0 saturated heterocycles. The lowest BCUT2D eigenvalue weighted by molar-refractivity contribution is -0.118. The van der Waals surface area contributed by atoms with Crippen LogP contribution in [0.25, 0.3) is 0 Å². The first-order chi connectivity index (χ1) is 12.3. The van der Waals surface area contributed by atoms with Crippen molar-refractivity contribution in [2.24, 2.45) is 0 Å². The van der Waals surface area contributed by atoms with Gasteiger partial charge >= 0.3 is 0 Å². The Balaban J connectivity index is 1.80. The van der Waals surface area contributed by atoms with Crippen molar-refractivity contribution in [3.63, 3.8) is 0 Å². The molecule has 3 rings (SSSR count). The average Bonchev–Trinajstić information content (AvgIpc) is 2.95. The number of carbonyl (C=O) groups is 1. The summed E-state index contributed by atoms with van der Waals surface area (Å²) in [5.41, 5.74) is 2.30. The number of hydrogen-bond donors (Lipinski definition) is 1. The molecule has 0 spiro atoms. The molecule has 1 atom stereocenters. The molecule has 1 amide bonds. The molecule has 138 valence electrons. The standard InChI is InChI=1S/C19H21FN2O3S/c1-3-19(23)22-13(2)10-15-11-17(8-9-18(15)22)26(24,25)21-12-14-4-6-16(20)7-5-14/h4-9,11,13,21H,3,10,12H2,1-2H3/t13-/m0/s1. The minimum Gasteiger partial charge on any atom is -0.309 e. The van der Waals surface area contributed by atoms with Crippen LogP contribution in [0, 0.1) is 5.82 Å². The molecule has 1 aliphatic heterocycles. The van der Waals surface area contributed by atoms with Gasteiger partial charge in [0, 0.05) is 24.7 Å². The normalized spacial score (nSPS) is 16.6. The summed E-state index contributed by atoms with van der Waals surface area (Å²) in [6.07, 6.45) is 1.03. The van der Waals surface area contributed by atoms with Crippen LogP contribution in [-0.4, -0.2) is 20.4 Å². The highest BCUT2D eigenvalue weighted by Crippen LogP contribution is 2.34. The van der Waals surface area contributed by atoms with Crippen molar-refractivity contribution in [2.45, 2.75) is 44.2 Å². The molecule has 0 aliphatic carbocycles. The molecule has 0 saturated carbocycles. The van der Waals surface area contributed by atoms with Crippen LogP contribution in [0.3, 0.4) is 0 Å². The van der Waals surface area contributed by atoms with E-state index in [-0.39, 0.29) is 29.2 Å². The Hall–Kier alpha value is -2.25. The summed E-state index contributed by atoms with van der Waals surface area (Å²) >= 11 is 0. The largest absolute Gasteiger partial charge is 0.309 e. The second-order valence-corrected chi connectivity index (χ2v) is 8.18. The van der Waals surface area contributed by atoms with Gasteiger partial charge in [0.05, 0.1) is 4.90 Å². The van der Waals surface area contributed by atoms with Crippen LogP contribution in [0.5, 0.6) is 0 Å². The third-order valence-corrected chi connectivity index (χ3v) is 5.93. The minimum atomic E-state index is -3.70. The van der Waals surface area contributed by atoms with Gasteiger partial charge in [-0.25, -0.2) is 17.5 Å². The number of halogens is 1. The van der Waals surface area contributed by atoms with Gasteiger partial charge in [-0.2, -0.15) is 0 Å². The molecule has 1 N–H and O–H groups in total. The molecular formula is C19H21FN2O3S. The zero-order valence-corrected chi connectivity index (χ0v) is 15.5. The van der Waals surface area contributed by atoms with Gasteiger partial charge in [0.25, 0.3) is 0 Å². The van der Waals surface area contributed by atoms with Gasteiger partial charge < -0.3 is 4.90 Å². The molecule has 26 heavy (non-hydrogen) atoms. The topological polar surface area (TPSA) is 66.5 Å². The second kappa shape index (κ2) is 7.17. The number of fused-ring (bicyclic) bond motifs is 1. The molecule has 7 heteroatoms. The summed E-state index contributed by atoms with van der Waals surface area (Å²) in [6.45, 7) is 3.84. The SMILES string of the molecule is CCC(=O)N1c2ccc(S(=O)(=O)NCc3ccc(F)cc3)cc2C[C@@H]1C. The number of hydrogen-bond acceptors (Lipinski definition) is 3. The molecule has 0 radical (unpaired) electrons. The zero-order chi connectivity index (χ0) is 18.9. The van der Waals surface area contributed by atoms with Gasteiger partial charge in [-0.05, 0) is 54.8 Å². The fourth-order valence-corrected chi connectivity index (χ4v) is 4.26. The van der Waals surface area contributed by atoms with Gasteiger partial charge in [-0.1, -0.05) is 19.1 Å². The van der Waals surface area contributed by atoms with Crippen LogP contribution in [0.15, 0.2) is 47.4 Å². The Kier molecular flexibility index (Phi) is 5.11. The van der Waals surface area contributed by atoms with Gasteiger partial charge in [0.15, 0.2) is 0 Å². The van der Waals surface area contributed by atoms with Crippen molar-refractivity contribution in [1.29, 1.82) is 0 Å². The Morgan fingerprint density at radius 2 is 1.92 bits per heavy atom. The zero-order valence-electron chi connectivity index (χ0n) is 14.7. The summed E-state index contributed by atoms with van der Waals surface area (Å²) in [6, 6.07) is 10.5. The van der Waals surface area contributed by atoms with Crippen LogP contribution in [0.4, 0.5) is 10.1 Å². The van der Waals surface area contributed by atoms with Crippen molar-refractivity contribution in [3.05, 3.63) is 59.4 Å². The third-order valence-electron chi connectivity index (χ3n) is 4.53. The second-order valence-electron chi connectivity index (χ2n) is 6.41. The Morgan fingerprint density at radius 3 is 2.58 bits per heavy atom. The van der Waals surface area contributed by atoms with E-state index in [0.29, 0.717) is 18.4 Å². The average molecular weight is 376 g/mol. The number of anilines is 1. The monoisotopic (exact) mass is 376 g/mol. The van der Waals surface area contributed by atoms with E-state index >= 15 is 0 Å².